The molecule has 0 saturated heterocycles. The van der Waals surface area contributed by atoms with Crippen molar-refractivity contribution in [3.63, 3.8) is 0 Å². The number of amides is 3. The van der Waals surface area contributed by atoms with E-state index in [1.54, 1.807) is 49.3 Å². The molecule has 48 heavy (non-hydrogen) atoms. The molecule has 246 valence electrons. The van der Waals surface area contributed by atoms with E-state index < -0.39 is 24.8 Å². The minimum Gasteiger partial charge on any atom is -0.368 e. The van der Waals surface area contributed by atoms with E-state index in [0.717, 1.165) is 22.0 Å². The SMILES string of the molecule is Cn1cc(NC(=O)c2cc(NC(=O)c3ccc(/C=C/c4cnc5ccccc5c4)cc3)cn2C)cc1C(=O)NCCC(=N)NCC(F)F. The predicted molar refractivity (Wildman–Crippen MR) is 183 cm³/mol. The smallest absolute Gasteiger partial charge is 0.272 e. The maximum Gasteiger partial charge on any atom is 0.272 e. The third-order valence-corrected chi connectivity index (χ3v) is 7.37. The number of nitrogens with one attached hydrogen (secondary N) is 5. The molecule has 13 heteroatoms. The Balaban J connectivity index is 1.14. The summed E-state index contributed by atoms with van der Waals surface area (Å²) in [4.78, 5) is 43.1. The van der Waals surface area contributed by atoms with E-state index in [9.17, 15) is 23.2 Å². The molecular weight excluding hydrogens is 618 g/mol. The van der Waals surface area contributed by atoms with Crippen LogP contribution in [0, 0.1) is 5.41 Å². The van der Waals surface area contributed by atoms with Crippen molar-refractivity contribution in [2.24, 2.45) is 14.1 Å². The maximum atomic E-state index is 13.1. The van der Waals surface area contributed by atoms with Crippen LogP contribution in [0.1, 0.15) is 48.9 Å². The van der Waals surface area contributed by atoms with Crippen molar-refractivity contribution in [2.75, 3.05) is 23.7 Å². The second-order valence-electron chi connectivity index (χ2n) is 11.0. The summed E-state index contributed by atoms with van der Waals surface area (Å²) in [5.41, 5.74) is 4.60. The van der Waals surface area contributed by atoms with Crippen molar-refractivity contribution in [3.05, 3.63) is 113 Å². The number of amidine groups is 1. The first-order valence-electron chi connectivity index (χ1n) is 15.0. The van der Waals surface area contributed by atoms with Gasteiger partial charge in [0.05, 0.1) is 29.3 Å². The van der Waals surface area contributed by atoms with E-state index >= 15 is 0 Å². The molecular formula is C35H34F2N8O3. The van der Waals surface area contributed by atoms with Crippen LogP contribution in [0.5, 0.6) is 0 Å². The number of para-hydroxylation sites is 1. The van der Waals surface area contributed by atoms with E-state index in [4.69, 9.17) is 5.41 Å². The van der Waals surface area contributed by atoms with Gasteiger partial charge in [0.15, 0.2) is 0 Å². The van der Waals surface area contributed by atoms with Crippen LogP contribution in [0.25, 0.3) is 23.1 Å². The Morgan fingerprint density at radius 3 is 2.12 bits per heavy atom. The van der Waals surface area contributed by atoms with Gasteiger partial charge in [-0.05, 0) is 47.5 Å². The topological polar surface area (TPSA) is 146 Å². The number of aromatic nitrogens is 3. The summed E-state index contributed by atoms with van der Waals surface area (Å²) in [7, 11) is 3.31. The zero-order valence-corrected chi connectivity index (χ0v) is 26.3. The molecule has 0 aliphatic rings. The van der Waals surface area contributed by atoms with Gasteiger partial charge in [0.1, 0.15) is 11.4 Å². The van der Waals surface area contributed by atoms with Crippen molar-refractivity contribution in [2.45, 2.75) is 12.8 Å². The number of carbonyl (C=O) groups excluding carboxylic acids is 3. The second kappa shape index (κ2) is 15.0. The maximum absolute atomic E-state index is 13.1. The van der Waals surface area contributed by atoms with Crippen LogP contribution in [0.15, 0.2) is 85.3 Å². The lowest BCUT2D eigenvalue weighted by atomic mass is 10.1. The van der Waals surface area contributed by atoms with Gasteiger partial charge in [0.25, 0.3) is 24.1 Å². The van der Waals surface area contributed by atoms with Gasteiger partial charge in [-0.1, -0.05) is 42.5 Å². The minimum atomic E-state index is -2.57. The monoisotopic (exact) mass is 652 g/mol. The predicted octanol–water partition coefficient (Wildman–Crippen LogP) is 5.54. The number of aryl methyl sites for hydroxylation is 2. The highest BCUT2D eigenvalue weighted by Crippen LogP contribution is 2.19. The first-order valence-corrected chi connectivity index (χ1v) is 15.0. The second-order valence-corrected chi connectivity index (χ2v) is 11.0. The van der Waals surface area contributed by atoms with Crippen LogP contribution in [-0.2, 0) is 14.1 Å². The number of benzene rings is 2. The number of pyridine rings is 1. The lowest BCUT2D eigenvalue weighted by molar-refractivity contribution is 0.0944. The van der Waals surface area contributed by atoms with Crippen molar-refractivity contribution in [1.29, 1.82) is 5.41 Å². The highest BCUT2D eigenvalue weighted by atomic mass is 19.3. The van der Waals surface area contributed by atoms with Gasteiger partial charge < -0.3 is 30.4 Å². The van der Waals surface area contributed by atoms with Crippen molar-refractivity contribution < 1.29 is 23.2 Å². The van der Waals surface area contributed by atoms with Gasteiger partial charge in [-0.15, -0.1) is 0 Å². The molecule has 3 heterocycles. The van der Waals surface area contributed by atoms with E-state index in [2.05, 4.69) is 32.3 Å². The zero-order chi connectivity index (χ0) is 34.2. The number of anilines is 2. The Hall–Kier alpha value is -6.11. The van der Waals surface area contributed by atoms with Gasteiger partial charge in [0.2, 0.25) is 0 Å². The highest BCUT2D eigenvalue weighted by Gasteiger charge is 2.17. The lowest BCUT2D eigenvalue weighted by Gasteiger charge is -2.08. The number of alkyl halides is 2. The molecule has 3 amide bonds. The minimum absolute atomic E-state index is 0.0618. The summed E-state index contributed by atoms with van der Waals surface area (Å²) in [5.74, 6) is -1.34. The summed E-state index contributed by atoms with van der Waals surface area (Å²) in [6, 6.07) is 20.2. The normalized spacial score (nSPS) is 11.2. The molecule has 5 rings (SSSR count). The van der Waals surface area contributed by atoms with Crippen LogP contribution in [0.4, 0.5) is 20.2 Å². The molecule has 2 aromatic carbocycles. The fourth-order valence-corrected chi connectivity index (χ4v) is 4.91. The number of nitrogens with zero attached hydrogens (tertiary/aromatic N) is 3. The van der Waals surface area contributed by atoms with Crippen molar-refractivity contribution in [1.82, 2.24) is 24.8 Å². The fraction of sp³-hybridized carbons (Fsp3) is 0.171. The molecule has 0 aliphatic carbocycles. The van der Waals surface area contributed by atoms with Crippen molar-refractivity contribution in [3.8, 4) is 0 Å². The van der Waals surface area contributed by atoms with Crippen LogP contribution < -0.4 is 21.3 Å². The molecule has 0 bridgehead atoms. The Kier molecular flexibility index (Phi) is 10.4. The van der Waals surface area contributed by atoms with Gasteiger partial charge in [-0.25, -0.2) is 8.78 Å². The number of hydrogen-bond acceptors (Lipinski definition) is 5. The molecule has 5 aromatic rings. The Morgan fingerprint density at radius 2 is 1.44 bits per heavy atom. The third-order valence-electron chi connectivity index (χ3n) is 7.37. The highest BCUT2D eigenvalue weighted by molar-refractivity contribution is 6.07. The lowest BCUT2D eigenvalue weighted by Crippen LogP contribution is -2.33. The van der Waals surface area contributed by atoms with Crippen LogP contribution in [0.3, 0.4) is 0 Å². The molecule has 0 radical (unpaired) electrons. The third kappa shape index (κ3) is 8.57. The zero-order valence-electron chi connectivity index (χ0n) is 26.3. The molecule has 0 spiro atoms. The summed E-state index contributed by atoms with van der Waals surface area (Å²) in [6.45, 7) is -0.551. The Bertz CT molecular complexity index is 2000. The van der Waals surface area contributed by atoms with Crippen LogP contribution in [0.2, 0.25) is 0 Å². The quantitative estimate of drug-likeness (QED) is 0.0888. The summed E-state index contributed by atoms with van der Waals surface area (Å²) in [5, 5.41) is 19.2. The first-order chi connectivity index (χ1) is 23.0. The summed E-state index contributed by atoms with van der Waals surface area (Å²) >= 11 is 0. The van der Waals surface area contributed by atoms with Gasteiger partial charge in [-0.3, -0.25) is 24.8 Å². The summed E-state index contributed by atoms with van der Waals surface area (Å²) < 4.78 is 27.6. The van der Waals surface area contributed by atoms with E-state index in [0.29, 0.717) is 16.9 Å². The fourth-order valence-electron chi connectivity index (χ4n) is 4.91. The molecule has 0 aliphatic heterocycles. The molecule has 0 fully saturated rings. The number of halogens is 2. The Morgan fingerprint density at radius 1 is 0.812 bits per heavy atom. The van der Waals surface area contributed by atoms with E-state index in [1.807, 2.05) is 54.7 Å². The van der Waals surface area contributed by atoms with E-state index in [-0.39, 0.29) is 36.1 Å². The molecule has 3 aromatic heterocycles. The number of fused-ring (bicyclic) bond motifs is 1. The van der Waals surface area contributed by atoms with Gasteiger partial charge >= 0.3 is 0 Å². The van der Waals surface area contributed by atoms with Gasteiger partial charge in [-0.2, -0.15) is 0 Å². The largest absolute Gasteiger partial charge is 0.368 e. The molecule has 0 atom stereocenters. The first kappa shape index (κ1) is 33.3. The number of hydrogen-bond donors (Lipinski definition) is 5. The van der Waals surface area contributed by atoms with E-state index in [1.165, 1.54) is 10.6 Å². The number of carbonyl (C=O) groups is 3. The van der Waals surface area contributed by atoms with Crippen molar-refractivity contribution >= 4 is 58.0 Å². The molecule has 5 N–H and O–H groups in total. The molecule has 11 nitrogen and oxygen atoms in total. The van der Waals surface area contributed by atoms with Crippen LogP contribution >= 0.6 is 0 Å². The average Bonchev–Trinajstić information content (AvgIpc) is 3.63. The average molecular weight is 653 g/mol. The van der Waals surface area contributed by atoms with Crippen LogP contribution in [-0.4, -0.2) is 57.2 Å². The Labute approximate surface area is 275 Å². The summed E-state index contributed by atoms with van der Waals surface area (Å²) in [6.07, 6.45) is 6.41. The van der Waals surface area contributed by atoms with Gasteiger partial charge in [0, 0.05) is 56.6 Å². The standard InChI is InChI=1S/C35H34F2N8O3/c1-44-21-27(16-29(44)34(47)39-14-13-32(38)41-19-31(36)37)43-35(48)30-17-26(20-45(30)2)42-33(46)24-11-9-22(10-12-24)7-8-23-15-25-5-3-4-6-28(25)40-18-23/h3-12,15-18,20-21,31H,13-14,19H2,1-2H3,(H2,38,41)(H,39,47)(H,42,46)(H,43,48)/b8-7+. The number of rotatable bonds is 12. The molecule has 0 saturated carbocycles. The molecule has 0 unspecified atom stereocenters.